The number of benzene rings is 2. The van der Waals surface area contributed by atoms with Crippen LogP contribution in [0.4, 0.5) is 0 Å². The van der Waals surface area contributed by atoms with Crippen molar-refractivity contribution in [1.29, 1.82) is 0 Å². The predicted octanol–water partition coefficient (Wildman–Crippen LogP) is 4.66. The molecule has 2 fully saturated rings. The van der Waals surface area contributed by atoms with E-state index in [1.165, 1.54) is 20.0 Å². The number of phenolic OH excluding ortho intramolecular Hbond substituents is 1. The maximum Gasteiger partial charge on any atom is 0.319 e. The van der Waals surface area contributed by atoms with E-state index in [0.717, 1.165) is 60.0 Å². The first-order valence-electron chi connectivity index (χ1n) is 13.4. The number of phenols is 1. The van der Waals surface area contributed by atoms with Crippen LogP contribution in [0.5, 0.6) is 11.5 Å². The SMILES string of the molecule is COC(=O)[C@H]1C(c2cccc(C)c2)=NO[C@@H]1c1cc(OC)c(O)c2c1CC1C3CCCCC23CCN1C. The first-order chi connectivity index (χ1) is 17.9. The molecule has 0 amide bonds. The maximum absolute atomic E-state index is 13.3. The third kappa shape index (κ3) is 3.57. The number of rotatable bonds is 4. The molecule has 2 aromatic rings. The molecule has 3 unspecified atom stereocenters. The van der Waals surface area contributed by atoms with Crippen LogP contribution in [-0.4, -0.2) is 55.5 Å². The summed E-state index contributed by atoms with van der Waals surface area (Å²) in [6, 6.07) is 10.2. The van der Waals surface area contributed by atoms with Gasteiger partial charge in [-0.25, -0.2) is 0 Å². The normalized spacial score (nSPS) is 30.5. The van der Waals surface area contributed by atoms with E-state index in [1.54, 1.807) is 7.11 Å². The van der Waals surface area contributed by atoms with Gasteiger partial charge in [-0.15, -0.1) is 0 Å². The Balaban J connectivity index is 1.53. The van der Waals surface area contributed by atoms with E-state index >= 15 is 0 Å². The molecule has 1 saturated carbocycles. The number of likely N-dealkylation sites (tertiary alicyclic amines) is 1. The summed E-state index contributed by atoms with van der Waals surface area (Å²) in [5.41, 5.74) is 5.39. The van der Waals surface area contributed by atoms with E-state index in [4.69, 9.17) is 14.3 Å². The number of nitrogens with zero attached hydrogens (tertiary/aromatic N) is 2. The molecular formula is C30H36N2O5. The molecule has 6 rings (SSSR count). The Bertz CT molecular complexity index is 1270. The number of oxime groups is 1. The van der Waals surface area contributed by atoms with Gasteiger partial charge in [0.2, 0.25) is 0 Å². The zero-order chi connectivity index (χ0) is 25.9. The first-order valence-corrected chi connectivity index (χ1v) is 13.4. The Labute approximate surface area is 218 Å². The Morgan fingerprint density at radius 1 is 1.22 bits per heavy atom. The highest BCUT2D eigenvalue weighted by Gasteiger charge is 2.56. The van der Waals surface area contributed by atoms with Crippen LogP contribution in [0.3, 0.4) is 0 Å². The lowest BCUT2D eigenvalue weighted by Gasteiger charge is -2.58. The lowest BCUT2D eigenvalue weighted by Crippen LogP contribution is -2.60. The van der Waals surface area contributed by atoms with Gasteiger partial charge >= 0.3 is 5.97 Å². The molecule has 7 nitrogen and oxygen atoms in total. The molecule has 2 aromatic carbocycles. The fraction of sp³-hybridized carbons (Fsp3) is 0.533. The zero-order valence-electron chi connectivity index (χ0n) is 22.1. The molecule has 1 N–H and O–H groups in total. The number of esters is 1. The number of aromatic hydroxyl groups is 1. The minimum Gasteiger partial charge on any atom is -0.504 e. The summed E-state index contributed by atoms with van der Waals surface area (Å²) < 4.78 is 11.0. The number of carbonyl (C=O) groups is 1. The number of likely N-dealkylation sites (N-methyl/N-ethyl adjacent to an activating group) is 1. The third-order valence-electron chi connectivity index (χ3n) is 9.51. The highest BCUT2D eigenvalue weighted by molar-refractivity contribution is 6.13. The second-order valence-corrected chi connectivity index (χ2v) is 11.3. The van der Waals surface area contributed by atoms with Crippen LogP contribution in [0.1, 0.15) is 66.0 Å². The zero-order valence-corrected chi connectivity index (χ0v) is 22.1. The lowest BCUT2D eigenvalue weighted by molar-refractivity contribution is -0.146. The van der Waals surface area contributed by atoms with Crippen molar-refractivity contribution in [2.45, 2.75) is 63.0 Å². The van der Waals surface area contributed by atoms with Gasteiger partial charge in [-0.2, -0.15) is 0 Å². The summed E-state index contributed by atoms with van der Waals surface area (Å²) in [6.07, 6.45) is 5.77. The number of fused-ring (bicyclic) bond motifs is 1. The molecule has 2 bridgehead atoms. The maximum atomic E-state index is 13.3. The van der Waals surface area contributed by atoms with Crippen molar-refractivity contribution in [2.75, 3.05) is 27.8 Å². The smallest absolute Gasteiger partial charge is 0.319 e. The standard InChI is InChI=1S/C30H36N2O5/c1-17-8-7-9-18(14-17)26-24(29(34)36-4)28(37-31-26)20-16-23(35-3)27(33)25-19(20)15-22-21-10-5-6-11-30(21,25)12-13-32(22)2/h7-9,14,16,21-22,24,28,33H,5-6,10-13,15H2,1-4H3/t21?,22?,24-,28+,30?/m0/s1. The Hall–Kier alpha value is -3.06. The highest BCUT2D eigenvalue weighted by atomic mass is 16.6. The predicted molar refractivity (Wildman–Crippen MR) is 140 cm³/mol. The second-order valence-electron chi connectivity index (χ2n) is 11.3. The Morgan fingerprint density at radius 2 is 2.05 bits per heavy atom. The van der Waals surface area contributed by atoms with Gasteiger partial charge in [0.05, 0.1) is 14.2 Å². The first kappa shape index (κ1) is 24.3. The Kier molecular flexibility index (Phi) is 5.94. The summed E-state index contributed by atoms with van der Waals surface area (Å²) in [5, 5.41) is 16.0. The van der Waals surface area contributed by atoms with E-state index in [9.17, 15) is 9.90 Å². The van der Waals surface area contributed by atoms with Crippen LogP contribution in [-0.2, 0) is 26.2 Å². The molecule has 5 atom stereocenters. The summed E-state index contributed by atoms with van der Waals surface area (Å²) in [6.45, 7) is 3.03. The van der Waals surface area contributed by atoms with Crippen molar-refractivity contribution < 1.29 is 24.2 Å². The van der Waals surface area contributed by atoms with Gasteiger partial charge in [0.25, 0.3) is 0 Å². The average molecular weight is 505 g/mol. The van der Waals surface area contributed by atoms with E-state index in [-0.39, 0.29) is 17.1 Å². The molecule has 2 heterocycles. The van der Waals surface area contributed by atoms with Crippen LogP contribution in [0.25, 0.3) is 0 Å². The molecule has 0 radical (unpaired) electrons. The molecule has 0 spiro atoms. The number of hydrogen-bond donors (Lipinski definition) is 1. The van der Waals surface area contributed by atoms with Crippen molar-refractivity contribution in [1.82, 2.24) is 4.90 Å². The highest BCUT2D eigenvalue weighted by Crippen LogP contribution is 2.60. The average Bonchev–Trinajstić information content (AvgIpc) is 3.35. The molecule has 7 heteroatoms. The number of methoxy groups -OCH3 is 2. The topological polar surface area (TPSA) is 80.6 Å². The molecule has 4 aliphatic rings. The number of aryl methyl sites for hydroxylation is 1. The van der Waals surface area contributed by atoms with E-state index < -0.39 is 12.0 Å². The van der Waals surface area contributed by atoms with E-state index in [0.29, 0.717) is 23.4 Å². The largest absolute Gasteiger partial charge is 0.504 e. The summed E-state index contributed by atoms with van der Waals surface area (Å²) >= 11 is 0. The van der Waals surface area contributed by atoms with Crippen molar-refractivity contribution in [3.05, 3.63) is 58.1 Å². The summed E-state index contributed by atoms with van der Waals surface area (Å²) in [4.78, 5) is 21.9. The molecule has 37 heavy (non-hydrogen) atoms. The number of ether oxygens (including phenoxy) is 2. The fourth-order valence-electron chi connectivity index (χ4n) is 7.81. The summed E-state index contributed by atoms with van der Waals surface area (Å²) in [7, 11) is 5.21. The van der Waals surface area contributed by atoms with Crippen molar-refractivity contribution in [3.63, 3.8) is 0 Å². The number of piperidine rings is 1. The quantitative estimate of drug-likeness (QED) is 0.610. The van der Waals surface area contributed by atoms with E-state index in [2.05, 4.69) is 17.1 Å². The number of carbonyl (C=O) groups excluding carboxylic acids is 1. The molecule has 1 saturated heterocycles. The van der Waals surface area contributed by atoms with E-state index in [1.807, 2.05) is 37.3 Å². The van der Waals surface area contributed by atoms with Gasteiger partial charge in [0.1, 0.15) is 11.6 Å². The molecule has 0 aromatic heterocycles. The minimum atomic E-state index is -0.718. The van der Waals surface area contributed by atoms with Gasteiger partial charge in [-0.3, -0.25) is 4.79 Å². The van der Waals surface area contributed by atoms with Crippen molar-refractivity contribution in [3.8, 4) is 11.5 Å². The van der Waals surface area contributed by atoms with Gasteiger partial charge < -0.3 is 24.3 Å². The summed E-state index contributed by atoms with van der Waals surface area (Å²) in [5.74, 6) is 0.0812. The van der Waals surface area contributed by atoms with Crippen LogP contribution in [0.2, 0.25) is 0 Å². The minimum absolute atomic E-state index is 0.0873. The molecular weight excluding hydrogens is 468 g/mol. The van der Waals surface area contributed by atoms with Crippen LogP contribution < -0.4 is 4.74 Å². The van der Waals surface area contributed by atoms with Gasteiger partial charge in [-0.1, -0.05) is 47.8 Å². The van der Waals surface area contributed by atoms with Crippen molar-refractivity contribution in [2.24, 2.45) is 17.0 Å². The fourth-order valence-corrected chi connectivity index (χ4v) is 7.81. The van der Waals surface area contributed by atoms with Crippen molar-refractivity contribution >= 4 is 11.7 Å². The van der Waals surface area contributed by atoms with Gasteiger partial charge in [0.15, 0.2) is 17.6 Å². The van der Waals surface area contributed by atoms with Gasteiger partial charge in [-0.05, 0) is 63.7 Å². The van der Waals surface area contributed by atoms with Crippen LogP contribution in [0, 0.1) is 18.8 Å². The molecule has 2 aliphatic carbocycles. The number of hydrogen-bond acceptors (Lipinski definition) is 7. The van der Waals surface area contributed by atoms with Gasteiger partial charge in [0, 0.05) is 28.1 Å². The Morgan fingerprint density at radius 3 is 2.81 bits per heavy atom. The van der Waals surface area contributed by atoms with Crippen LogP contribution >= 0.6 is 0 Å². The molecule has 196 valence electrons. The monoisotopic (exact) mass is 504 g/mol. The lowest BCUT2D eigenvalue weighted by atomic mass is 9.51. The second kappa shape index (κ2) is 9.05. The third-order valence-corrected chi connectivity index (χ3v) is 9.51. The molecule has 2 aliphatic heterocycles. The van der Waals surface area contributed by atoms with Crippen LogP contribution in [0.15, 0.2) is 35.5 Å².